The van der Waals surface area contributed by atoms with Gasteiger partial charge in [-0.15, -0.1) is 0 Å². The van der Waals surface area contributed by atoms with Crippen LogP contribution < -0.4 is 0 Å². The number of H-pyrrole nitrogens is 1. The molecule has 0 amide bonds. The van der Waals surface area contributed by atoms with Gasteiger partial charge in [-0.1, -0.05) is 13.8 Å². The third-order valence-corrected chi connectivity index (χ3v) is 2.69. The van der Waals surface area contributed by atoms with Crippen molar-refractivity contribution in [2.45, 2.75) is 19.8 Å². The van der Waals surface area contributed by atoms with Gasteiger partial charge in [-0.25, -0.2) is 13.2 Å². The normalized spacial score (nSPS) is 11.2. The second kappa shape index (κ2) is 4.56. The maximum absolute atomic E-state index is 13.7. The molecule has 0 unspecified atom stereocenters. The van der Waals surface area contributed by atoms with Crippen molar-refractivity contribution in [2.75, 3.05) is 0 Å². The Kier molecular flexibility index (Phi) is 3.25. The van der Waals surface area contributed by atoms with Gasteiger partial charge >= 0.3 is 0 Å². The van der Waals surface area contributed by atoms with Gasteiger partial charge in [0.25, 0.3) is 0 Å². The molecule has 0 bridgehead atoms. The molecule has 0 aliphatic heterocycles. The minimum atomic E-state index is -1.02. The van der Waals surface area contributed by atoms with Crippen LogP contribution in [0.4, 0.5) is 13.2 Å². The smallest absolute Gasteiger partial charge is 0.200 e. The number of nitrogens with one attached hydrogen (secondary N) is 1. The lowest BCUT2D eigenvalue weighted by Gasteiger charge is -2.11. The summed E-state index contributed by atoms with van der Waals surface area (Å²) in [5, 5.41) is 6.39. The number of aromatic nitrogens is 3. The molecule has 3 nitrogen and oxygen atoms in total. The van der Waals surface area contributed by atoms with Crippen molar-refractivity contribution in [2.24, 2.45) is 0 Å². The fraction of sp³-hybridized carbons (Fsp3) is 0.273. The maximum atomic E-state index is 13.7. The van der Waals surface area contributed by atoms with Gasteiger partial charge in [-0.05, 0) is 12.2 Å². The van der Waals surface area contributed by atoms with Crippen LogP contribution in [0.25, 0.3) is 5.69 Å². The van der Waals surface area contributed by atoms with Crippen molar-refractivity contribution < 1.29 is 13.2 Å². The van der Waals surface area contributed by atoms with E-state index in [1.165, 1.54) is 0 Å². The molecule has 0 fully saturated rings. The Morgan fingerprint density at radius 2 is 1.78 bits per heavy atom. The van der Waals surface area contributed by atoms with E-state index in [0.29, 0.717) is 18.0 Å². The second-order valence-corrected chi connectivity index (χ2v) is 4.48. The summed E-state index contributed by atoms with van der Waals surface area (Å²) in [7, 11) is 0. The SMILES string of the molecule is CC(C)c1n[nH]c(=S)n1-c1c(F)cc(F)cc1F. The molecule has 0 aliphatic rings. The third kappa shape index (κ3) is 2.05. The summed E-state index contributed by atoms with van der Waals surface area (Å²) >= 11 is 4.94. The molecule has 96 valence electrons. The van der Waals surface area contributed by atoms with Crippen molar-refractivity contribution in [3.8, 4) is 5.69 Å². The van der Waals surface area contributed by atoms with E-state index in [2.05, 4.69) is 10.2 Å². The predicted octanol–water partition coefficient (Wildman–Crippen LogP) is 3.47. The Morgan fingerprint density at radius 3 is 2.28 bits per heavy atom. The average Bonchev–Trinajstić information content (AvgIpc) is 2.59. The third-order valence-electron chi connectivity index (χ3n) is 2.42. The lowest BCUT2D eigenvalue weighted by Crippen LogP contribution is -2.08. The monoisotopic (exact) mass is 273 g/mol. The van der Waals surface area contributed by atoms with Crippen LogP contribution in [0.2, 0.25) is 0 Å². The standard InChI is InChI=1S/C11H10F3N3S/c1-5(2)10-15-16-11(18)17(10)9-7(13)3-6(12)4-8(9)14/h3-5H,1-2H3,(H,16,18). The van der Waals surface area contributed by atoms with Gasteiger partial charge in [-0.3, -0.25) is 9.67 Å². The molecule has 18 heavy (non-hydrogen) atoms. The number of halogens is 3. The van der Waals surface area contributed by atoms with Crippen molar-refractivity contribution >= 4 is 12.2 Å². The molecule has 0 radical (unpaired) electrons. The van der Waals surface area contributed by atoms with Crippen molar-refractivity contribution in [1.29, 1.82) is 0 Å². The first-order chi connectivity index (χ1) is 8.41. The minimum absolute atomic E-state index is 0.0584. The fourth-order valence-corrected chi connectivity index (χ4v) is 1.89. The summed E-state index contributed by atoms with van der Waals surface area (Å²) in [6, 6.07) is 1.22. The summed E-state index contributed by atoms with van der Waals surface area (Å²) in [6.07, 6.45) is 0. The second-order valence-electron chi connectivity index (χ2n) is 4.10. The van der Waals surface area contributed by atoms with Gasteiger partial charge in [0, 0.05) is 18.1 Å². The minimum Gasteiger partial charge on any atom is -0.266 e. The van der Waals surface area contributed by atoms with E-state index >= 15 is 0 Å². The zero-order chi connectivity index (χ0) is 13.4. The van der Waals surface area contributed by atoms with E-state index < -0.39 is 23.1 Å². The van der Waals surface area contributed by atoms with Gasteiger partial charge in [0.15, 0.2) is 16.4 Å². The highest BCUT2D eigenvalue weighted by molar-refractivity contribution is 7.71. The van der Waals surface area contributed by atoms with Crippen LogP contribution in [0.3, 0.4) is 0 Å². The van der Waals surface area contributed by atoms with Gasteiger partial charge in [-0.2, -0.15) is 5.10 Å². The Hall–Kier alpha value is -1.63. The van der Waals surface area contributed by atoms with Gasteiger partial charge in [0.2, 0.25) is 0 Å². The van der Waals surface area contributed by atoms with Crippen LogP contribution in [-0.4, -0.2) is 14.8 Å². The van der Waals surface area contributed by atoms with Crippen molar-refractivity contribution in [3.05, 3.63) is 40.2 Å². The molecule has 2 rings (SSSR count). The van der Waals surface area contributed by atoms with Gasteiger partial charge in [0.05, 0.1) is 0 Å². The lowest BCUT2D eigenvalue weighted by atomic mass is 10.2. The van der Waals surface area contributed by atoms with E-state index in [1.54, 1.807) is 13.8 Å². The number of hydrogen-bond donors (Lipinski definition) is 1. The first-order valence-corrected chi connectivity index (χ1v) is 5.65. The highest BCUT2D eigenvalue weighted by atomic mass is 32.1. The zero-order valence-electron chi connectivity index (χ0n) is 9.67. The number of benzene rings is 1. The summed E-state index contributed by atoms with van der Waals surface area (Å²) < 4.78 is 41.5. The van der Waals surface area contributed by atoms with E-state index in [9.17, 15) is 13.2 Å². The lowest BCUT2D eigenvalue weighted by molar-refractivity contribution is 0.529. The van der Waals surface area contributed by atoms with E-state index in [-0.39, 0.29) is 10.7 Å². The van der Waals surface area contributed by atoms with Gasteiger partial charge < -0.3 is 0 Å². The molecular formula is C11H10F3N3S. The summed E-state index contributed by atoms with van der Waals surface area (Å²) in [6.45, 7) is 3.61. The fourth-order valence-electron chi connectivity index (χ4n) is 1.66. The Bertz CT molecular complexity index is 622. The van der Waals surface area contributed by atoms with Crippen molar-refractivity contribution in [1.82, 2.24) is 14.8 Å². The van der Waals surface area contributed by atoms with Crippen molar-refractivity contribution in [3.63, 3.8) is 0 Å². The highest BCUT2D eigenvalue weighted by Crippen LogP contribution is 2.23. The Labute approximate surface area is 106 Å². The molecule has 0 spiro atoms. The summed E-state index contributed by atoms with van der Waals surface area (Å²) in [5.74, 6) is -2.74. The molecule has 0 atom stereocenters. The summed E-state index contributed by atoms with van der Waals surface area (Å²) in [5.41, 5.74) is -0.418. The van der Waals surface area contributed by atoms with Crippen LogP contribution in [0, 0.1) is 22.2 Å². The highest BCUT2D eigenvalue weighted by Gasteiger charge is 2.19. The van der Waals surface area contributed by atoms with Crippen LogP contribution in [0.5, 0.6) is 0 Å². The molecular weight excluding hydrogens is 263 g/mol. The Morgan fingerprint density at radius 1 is 1.22 bits per heavy atom. The molecule has 0 saturated carbocycles. The maximum Gasteiger partial charge on any atom is 0.200 e. The molecule has 1 aromatic heterocycles. The molecule has 0 saturated heterocycles. The van der Waals surface area contributed by atoms with Crippen LogP contribution in [0.15, 0.2) is 12.1 Å². The Balaban J connectivity index is 2.77. The van der Waals surface area contributed by atoms with Gasteiger partial charge in [0.1, 0.15) is 17.3 Å². The molecule has 1 N–H and O–H groups in total. The zero-order valence-corrected chi connectivity index (χ0v) is 10.5. The topological polar surface area (TPSA) is 33.6 Å². The molecule has 1 aromatic carbocycles. The van der Waals surface area contributed by atoms with E-state index in [4.69, 9.17) is 12.2 Å². The first-order valence-electron chi connectivity index (χ1n) is 5.24. The number of aromatic amines is 1. The van der Waals surface area contributed by atoms with E-state index in [0.717, 1.165) is 4.57 Å². The van der Waals surface area contributed by atoms with Crippen LogP contribution in [-0.2, 0) is 0 Å². The predicted molar refractivity (Wildman–Crippen MR) is 62.7 cm³/mol. The van der Waals surface area contributed by atoms with E-state index in [1.807, 2.05) is 0 Å². The van der Waals surface area contributed by atoms with Crippen LogP contribution >= 0.6 is 12.2 Å². The number of hydrogen-bond acceptors (Lipinski definition) is 2. The summed E-state index contributed by atoms with van der Waals surface area (Å²) in [4.78, 5) is 0. The quantitative estimate of drug-likeness (QED) is 0.850. The van der Waals surface area contributed by atoms with Crippen LogP contribution in [0.1, 0.15) is 25.6 Å². The number of nitrogens with zero attached hydrogens (tertiary/aromatic N) is 2. The number of rotatable bonds is 2. The molecule has 2 aromatic rings. The molecule has 1 heterocycles. The molecule has 0 aliphatic carbocycles. The largest absolute Gasteiger partial charge is 0.266 e. The average molecular weight is 273 g/mol. The molecule has 7 heteroatoms. The first kappa shape index (κ1) is 12.8.